The number of anilines is 1. The van der Waals surface area contributed by atoms with Crippen molar-refractivity contribution in [3.63, 3.8) is 0 Å². The van der Waals surface area contributed by atoms with Gasteiger partial charge in [0.25, 0.3) is 5.91 Å². The highest BCUT2D eigenvalue weighted by Crippen LogP contribution is 2.32. The number of nitrogens with zero attached hydrogens (tertiary/aromatic N) is 2. The lowest BCUT2D eigenvalue weighted by Crippen LogP contribution is -2.15. The van der Waals surface area contributed by atoms with E-state index in [2.05, 4.69) is 31.4 Å². The normalized spacial score (nSPS) is 11.4. The van der Waals surface area contributed by atoms with Crippen molar-refractivity contribution in [2.24, 2.45) is 0 Å². The number of aryl methyl sites for hydroxylation is 1. The van der Waals surface area contributed by atoms with E-state index in [0.29, 0.717) is 0 Å². The van der Waals surface area contributed by atoms with Gasteiger partial charge in [-0.1, -0.05) is 5.10 Å². The van der Waals surface area contributed by atoms with E-state index in [-0.39, 0.29) is 21.9 Å². The van der Waals surface area contributed by atoms with Crippen molar-refractivity contribution in [2.45, 2.75) is 13.1 Å². The standard InChI is InChI=1S/C11H7BrF3N3O2/c1-5-17-18-10(20-5)16-9(19)7-4-6(11(13,14)15)2-3-8(7)12/h2-4H,1H3,(H,16,18,19). The Balaban J connectivity index is 2.29. The summed E-state index contributed by atoms with van der Waals surface area (Å²) in [6.07, 6.45) is -4.53. The number of aromatic nitrogens is 2. The zero-order chi connectivity index (χ0) is 14.9. The largest absolute Gasteiger partial charge is 0.416 e. The molecule has 0 unspecified atom stereocenters. The Morgan fingerprint density at radius 3 is 2.60 bits per heavy atom. The highest BCUT2D eigenvalue weighted by molar-refractivity contribution is 9.10. The van der Waals surface area contributed by atoms with Crippen molar-refractivity contribution in [3.05, 3.63) is 39.7 Å². The first-order chi connectivity index (χ1) is 9.27. The molecule has 1 aromatic heterocycles. The van der Waals surface area contributed by atoms with E-state index >= 15 is 0 Å². The van der Waals surface area contributed by atoms with Crippen LogP contribution in [0.3, 0.4) is 0 Å². The summed E-state index contributed by atoms with van der Waals surface area (Å²) in [6.45, 7) is 1.52. The van der Waals surface area contributed by atoms with Gasteiger partial charge in [0, 0.05) is 11.4 Å². The molecule has 1 amide bonds. The Bertz CT molecular complexity index is 655. The number of rotatable bonds is 2. The van der Waals surface area contributed by atoms with Gasteiger partial charge in [-0.3, -0.25) is 10.1 Å². The van der Waals surface area contributed by atoms with Crippen molar-refractivity contribution in [1.29, 1.82) is 0 Å². The van der Waals surface area contributed by atoms with E-state index in [1.54, 1.807) is 0 Å². The molecule has 2 aromatic rings. The second kappa shape index (κ2) is 5.23. The van der Waals surface area contributed by atoms with Gasteiger partial charge in [-0.15, -0.1) is 5.10 Å². The number of carbonyl (C=O) groups excluding carboxylic acids is 1. The van der Waals surface area contributed by atoms with Gasteiger partial charge in [0.1, 0.15) is 0 Å². The van der Waals surface area contributed by atoms with Crippen molar-refractivity contribution in [3.8, 4) is 0 Å². The van der Waals surface area contributed by atoms with Crippen LogP contribution < -0.4 is 5.32 Å². The van der Waals surface area contributed by atoms with Crippen LogP contribution in [0.25, 0.3) is 0 Å². The number of amides is 1. The van der Waals surface area contributed by atoms with Crippen molar-refractivity contribution < 1.29 is 22.4 Å². The molecule has 2 rings (SSSR count). The Morgan fingerprint density at radius 2 is 2.05 bits per heavy atom. The van der Waals surface area contributed by atoms with E-state index in [1.807, 2.05) is 0 Å². The number of carbonyl (C=O) groups is 1. The summed E-state index contributed by atoms with van der Waals surface area (Å²) in [5, 5.41) is 9.24. The molecule has 1 heterocycles. The first kappa shape index (κ1) is 14.5. The first-order valence-corrected chi connectivity index (χ1v) is 6.05. The van der Waals surface area contributed by atoms with E-state index in [0.717, 1.165) is 18.2 Å². The zero-order valence-corrected chi connectivity index (χ0v) is 11.5. The van der Waals surface area contributed by atoms with Gasteiger partial charge in [-0.2, -0.15) is 13.2 Å². The van der Waals surface area contributed by atoms with Crippen molar-refractivity contribution in [1.82, 2.24) is 10.2 Å². The summed E-state index contributed by atoms with van der Waals surface area (Å²) in [5.41, 5.74) is -1.11. The molecule has 20 heavy (non-hydrogen) atoms. The Hall–Kier alpha value is -1.90. The molecule has 1 aromatic carbocycles. The van der Waals surface area contributed by atoms with Gasteiger partial charge in [-0.25, -0.2) is 0 Å². The van der Waals surface area contributed by atoms with Crippen LogP contribution in [0.4, 0.5) is 19.2 Å². The van der Waals surface area contributed by atoms with Crippen LogP contribution in [0.5, 0.6) is 0 Å². The van der Waals surface area contributed by atoms with Crippen LogP contribution in [0.2, 0.25) is 0 Å². The third-order valence-electron chi connectivity index (χ3n) is 2.28. The average molecular weight is 350 g/mol. The maximum absolute atomic E-state index is 12.6. The Morgan fingerprint density at radius 1 is 1.35 bits per heavy atom. The number of hydrogen-bond donors (Lipinski definition) is 1. The molecule has 5 nitrogen and oxygen atoms in total. The van der Waals surface area contributed by atoms with Gasteiger partial charge in [0.05, 0.1) is 11.1 Å². The van der Waals surface area contributed by atoms with Crippen LogP contribution in [0, 0.1) is 6.92 Å². The number of hydrogen-bond acceptors (Lipinski definition) is 4. The fraction of sp³-hybridized carbons (Fsp3) is 0.182. The summed E-state index contributed by atoms with van der Waals surface area (Å²) in [6, 6.07) is 2.58. The summed E-state index contributed by atoms with van der Waals surface area (Å²) in [5.74, 6) is -0.560. The van der Waals surface area contributed by atoms with Gasteiger partial charge in [-0.05, 0) is 34.1 Å². The first-order valence-electron chi connectivity index (χ1n) is 5.25. The van der Waals surface area contributed by atoms with E-state index in [9.17, 15) is 18.0 Å². The monoisotopic (exact) mass is 349 g/mol. The molecule has 0 radical (unpaired) electrons. The summed E-state index contributed by atoms with van der Waals surface area (Å²) >= 11 is 3.02. The Labute approximate surface area is 119 Å². The minimum atomic E-state index is -4.53. The minimum absolute atomic E-state index is 0.184. The van der Waals surface area contributed by atoms with E-state index < -0.39 is 17.6 Å². The molecule has 0 fully saturated rings. The van der Waals surface area contributed by atoms with Gasteiger partial charge in [0.15, 0.2) is 0 Å². The second-order valence-electron chi connectivity index (χ2n) is 3.77. The van der Waals surface area contributed by atoms with Gasteiger partial charge < -0.3 is 4.42 Å². The maximum Gasteiger partial charge on any atom is 0.416 e. The Kier molecular flexibility index (Phi) is 3.80. The minimum Gasteiger partial charge on any atom is -0.408 e. The van der Waals surface area contributed by atoms with Crippen LogP contribution in [-0.2, 0) is 6.18 Å². The predicted molar refractivity (Wildman–Crippen MR) is 66.1 cm³/mol. The average Bonchev–Trinajstić information content (AvgIpc) is 2.73. The fourth-order valence-electron chi connectivity index (χ4n) is 1.39. The molecule has 0 atom stereocenters. The summed E-state index contributed by atoms with van der Waals surface area (Å²) in [4.78, 5) is 11.9. The molecule has 9 heteroatoms. The van der Waals surface area contributed by atoms with Gasteiger partial charge in [0.2, 0.25) is 5.89 Å². The van der Waals surface area contributed by atoms with E-state index in [4.69, 9.17) is 4.42 Å². The SMILES string of the molecule is Cc1nnc(NC(=O)c2cc(C(F)(F)F)ccc2Br)o1. The molecular weight excluding hydrogens is 343 g/mol. The van der Waals surface area contributed by atoms with Crippen LogP contribution in [0.15, 0.2) is 27.1 Å². The van der Waals surface area contributed by atoms with Crippen molar-refractivity contribution >= 4 is 27.9 Å². The highest BCUT2D eigenvalue weighted by Gasteiger charge is 2.31. The lowest BCUT2D eigenvalue weighted by molar-refractivity contribution is -0.137. The molecule has 0 bridgehead atoms. The third kappa shape index (κ3) is 3.16. The van der Waals surface area contributed by atoms with Crippen LogP contribution in [-0.4, -0.2) is 16.1 Å². The smallest absolute Gasteiger partial charge is 0.408 e. The summed E-state index contributed by atoms with van der Waals surface area (Å²) in [7, 11) is 0. The molecule has 0 aliphatic rings. The predicted octanol–water partition coefficient (Wildman–Crippen LogP) is 3.41. The highest BCUT2D eigenvalue weighted by atomic mass is 79.9. The topological polar surface area (TPSA) is 68.0 Å². The number of alkyl halides is 3. The quantitative estimate of drug-likeness (QED) is 0.901. The molecule has 0 spiro atoms. The molecule has 1 N–H and O–H groups in total. The zero-order valence-electron chi connectivity index (χ0n) is 9.95. The number of benzene rings is 1. The molecule has 106 valence electrons. The maximum atomic E-state index is 12.6. The number of nitrogens with one attached hydrogen (secondary N) is 1. The van der Waals surface area contributed by atoms with Crippen LogP contribution >= 0.6 is 15.9 Å². The fourth-order valence-corrected chi connectivity index (χ4v) is 1.81. The molecular formula is C11H7BrF3N3O2. The second-order valence-corrected chi connectivity index (χ2v) is 4.63. The van der Waals surface area contributed by atoms with Crippen LogP contribution in [0.1, 0.15) is 21.8 Å². The molecule has 0 aliphatic heterocycles. The van der Waals surface area contributed by atoms with E-state index in [1.165, 1.54) is 6.92 Å². The number of halogens is 4. The van der Waals surface area contributed by atoms with Gasteiger partial charge >= 0.3 is 12.2 Å². The lowest BCUT2D eigenvalue weighted by atomic mass is 10.1. The molecule has 0 saturated carbocycles. The van der Waals surface area contributed by atoms with Crippen molar-refractivity contribution in [2.75, 3.05) is 5.32 Å². The lowest BCUT2D eigenvalue weighted by Gasteiger charge is -2.09. The third-order valence-corrected chi connectivity index (χ3v) is 2.98. The molecule has 0 aliphatic carbocycles. The molecule has 0 saturated heterocycles. The summed E-state index contributed by atoms with van der Waals surface area (Å²) < 4.78 is 43.0.